The van der Waals surface area contributed by atoms with Crippen molar-refractivity contribution in [3.63, 3.8) is 0 Å². The summed E-state index contributed by atoms with van der Waals surface area (Å²) in [5.41, 5.74) is 0.413. The Balaban J connectivity index is 1.68. The second-order valence-electron chi connectivity index (χ2n) is 8.59. The van der Waals surface area contributed by atoms with Crippen molar-refractivity contribution >= 4 is 34.9 Å². The number of hydrogen-bond acceptors (Lipinski definition) is 8. The summed E-state index contributed by atoms with van der Waals surface area (Å²) in [5.74, 6) is -4.08. The number of Topliss-reactive ketones (excluding diaryl/α,β-unsaturated/α-hetero) is 1. The molecule has 0 N–H and O–H groups in total. The first-order valence-electron chi connectivity index (χ1n) is 11.0. The maximum absolute atomic E-state index is 13.4. The highest BCUT2D eigenvalue weighted by Crippen LogP contribution is 2.38. The molecule has 0 unspecified atom stereocenters. The molecule has 1 fully saturated rings. The van der Waals surface area contributed by atoms with E-state index in [1.54, 1.807) is 0 Å². The van der Waals surface area contributed by atoms with Gasteiger partial charge in [-0.15, -0.1) is 0 Å². The van der Waals surface area contributed by atoms with Crippen LogP contribution in [0.2, 0.25) is 0 Å². The molecular weight excluding hydrogens is 472 g/mol. The quantitative estimate of drug-likeness (QED) is 0.187. The molecule has 0 radical (unpaired) electrons. The Labute approximate surface area is 204 Å². The Hall–Kier alpha value is -4.74. The van der Waals surface area contributed by atoms with Gasteiger partial charge in [0.2, 0.25) is 0 Å². The maximum atomic E-state index is 13.4. The van der Waals surface area contributed by atoms with E-state index in [0.717, 1.165) is 34.8 Å². The highest BCUT2D eigenvalue weighted by Gasteiger charge is 2.51. The molecule has 1 saturated heterocycles. The Morgan fingerprint density at radius 1 is 0.889 bits per heavy atom. The number of carbonyl (C=O) groups is 4. The van der Waals surface area contributed by atoms with Gasteiger partial charge in [0, 0.05) is 35.4 Å². The predicted octanol–water partition coefficient (Wildman–Crippen LogP) is 3.08. The van der Waals surface area contributed by atoms with Crippen LogP contribution in [0, 0.1) is 32.1 Å². The van der Waals surface area contributed by atoms with Crippen molar-refractivity contribution in [3.8, 4) is 0 Å². The summed E-state index contributed by atoms with van der Waals surface area (Å²) in [5, 5.41) is 23.3. The van der Waals surface area contributed by atoms with Gasteiger partial charge in [-0.25, -0.2) is 5.01 Å². The molecule has 2 aromatic carbocycles. The maximum Gasteiger partial charge on any atom is 0.273 e. The van der Waals surface area contributed by atoms with Crippen LogP contribution in [0.5, 0.6) is 0 Å². The van der Waals surface area contributed by atoms with Crippen LogP contribution in [0.3, 0.4) is 0 Å². The van der Waals surface area contributed by atoms with E-state index in [0.29, 0.717) is 17.9 Å². The average Bonchev–Trinajstić information content (AvgIpc) is 3.11. The summed E-state index contributed by atoms with van der Waals surface area (Å²) in [4.78, 5) is 73.6. The number of fused-ring (bicyclic) bond motifs is 1. The number of benzene rings is 2. The zero-order valence-electron chi connectivity index (χ0n) is 19.0. The normalized spacial score (nSPS) is 18.9. The minimum absolute atomic E-state index is 0.0381. The first-order valence-corrected chi connectivity index (χ1v) is 11.0. The molecule has 2 atom stereocenters. The van der Waals surface area contributed by atoms with E-state index in [-0.39, 0.29) is 22.5 Å². The molecule has 1 heterocycles. The van der Waals surface area contributed by atoms with Crippen molar-refractivity contribution in [2.24, 2.45) is 11.8 Å². The number of imide groups is 1. The van der Waals surface area contributed by atoms with Gasteiger partial charge in [-0.2, -0.15) is 5.01 Å². The molecule has 2 aromatic rings. The molecule has 2 aliphatic rings. The van der Waals surface area contributed by atoms with Crippen LogP contribution in [0.25, 0.3) is 0 Å². The molecule has 0 aromatic heterocycles. The van der Waals surface area contributed by atoms with Gasteiger partial charge in [0.05, 0.1) is 21.7 Å². The number of hydrogen-bond donors (Lipinski definition) is 0. The van der Waals surface area contributed by atoms with Crippen molar-refractivity contribution in [1.29, 1.82) is 0 Å². The minimum atomic E-state index is -0.870. The molecule has 184 valence electrons. The number of allylic oxidation sites excluding steroid dienone is 2. The topological polar surface area (TPSA) is 161 Å². The van der Waals surface area contributed by atoms with Gasteiger partial charge in [-0.1, -0.05) is 11.6 Å². The lowest BCUT2D eigenvalue weighted by molar-refractivity contribution is -0.385. The zero-order valence-corrected chi connectivity index (χ0v) is 19.0. The van der Waals surface area contributed by atoms with Gasteiger partial charge in [0.1, 0.15) is 6.54 Å². The number of non-ortho nitro benzene ring substituents is 2. The fraction of sp³-hybridized carbons (Fsp3) is 0.250. The number of carbonyl (C=O) groups excluding carboxylic acids is 4. The average molecular weight is 492 g/mol. The largest absolute Gasteiger partial charge is 0.292 e. The molecule has 12 nitrogen and oxygen atoms in total. The third kappa shape index (κ3) is 4.48. The lowest BCUT2D eigenvalue weighted by Crippen LogP contribution is -2.52. The standard InChI is InChI=1S/C24H20N4O8/c1-14-2-11-19-20(12-14)24(32)26(23(19)31)25(22(30)16-5-9-18(10-6-16)28(35)36)13-21(29)15-3-7-17(8-4-15)27(33)34/h2-10,19-20H,11-13H2,1H3/t19-,20-/m0/s1. The zero-order chi connectivity index (χ0) is 26.1. The SMILES string of the molecule is CC1=CC[C@@H]2C(=O)N(N(CC(=O)c3ccc([N+](=O)[O-])cc3)C(=O)c3ccc([N+](=O)[O-])cc3)C(=O)[C@H]2C1. The third-order valence-corrected chi connectivity index (χ3v) is 6.29. The van der Waals surface area contributed by atoms with E-state index in [2.05, 4.69) is 0 Å². The smallest absolute Gasteiger partial charge is 0.273 e. The number of nitro benzene ring substituents is 2. The van der Waals surface area contributed by atoms with Crippen LogP contribution in [-0.2, 0) is 9.59 Å². The highest BCUT2D eigenvalue weighted by atomic mass is 16.6. The van der Waals surface area contributed by atoms with Crippen LogP contribution in [0.15, 0.2) is 60.2 Å². The number of nitro groups is 2. The summed E-state index contributed by atoms with van der Waals surface area (Å²) in [6, 6.07) is 9.25. The van der Waals surface area contributed by atoms with E-state index in [4.69, 9.17) is 0 Å². The molecule has 12 heteroatoms. The van der Waals surface area contributed by atoms with Gasteiger partial charge in [0.15, 0.2) is 5.78 Å². The van der Waals surface area contributed by atoms with E-state index in [9.17, 15) is 39.4 Å². The summed E-state index contributed by atoms with van der Waals surface area (Å²) >= 11 is 0. The molecular formula is C24H20N4O8. The number of nitrogens with zero attached hydrogens (tertiary/aromatic N) is 4. The number of rotatable bonds is 7. The van der Waals surface area contributed by atoms with E-state index < -0.39 is 51.7 Å². The van der Waals surface area contributed by atoms with Gasteiger partial charge in [-0.05, 0) is 44.0 Å². The van der Waals surface area contributed by atoms with Gasteiger partial charge in [-0.3, -0.25) is 39.4 Å². The summed E-state index contributed by atoms with van der Waals surface area (Å²) < 4.78 is 0. The Morgan fingerprint density at radius 2 is 1.39 bits per heavy atom. The molecule has 36 heavy (non-hydrogen) atoms. The molecule has 0 bridgehead atoms. The minimum Gasteiger partial charge on any atom is -0.292 e. The fourth-order valence-electron chi connectivity index (χ4n) is 4.36. The summed E-state index contributed by atoms with van der Waals surface area (Å²) in [7, 11) is 0. The monoisotopic (exact) mass is 492 g/mol. The van der Waals surface area contributed by atoms with Crippen LogP contribution in [0.1, 0.15) is 40.5 Å². The second-order valence-corrected chi connectivity index (χ2v) is 8.59. The number of hydrazine groups is 1. The van der Waals surface area contributed by atoms with Crippen molar-refractivity contribution in [3.05, 3.63) is 91.5 Å². The number of ketones is 1. The van der Waals surface area contributed by atoms with Crippen molar-refractivity contribution in [1.82, 2.24) is 10.0 Å². The first-order chi connectivity index (χ1) is 17.1. The Bertz CT molecular complexity index is 1320. The molecule has 3 amide bonds. The summed E-state index contributed by atoms with van der Waals surface area (Å²) in [6.07, 6.45) is 2.54. The predicted molar refractivity (Wildman–Crippen MR) is 123 cm³/mol. The van der Waals surface area contributed by atoms with Crippen molar-refractivity contribution < 1.29 is 29.0 Å². The highest BCUT2D eigenvalue weighted by molar-refractivity contribution is 6.09. The molecule has 1 aliphatic heterocycles. The lowest BCUT2D eigenvalue weighted by atomic mass is 9.82. The first kappa shape index (κ1) is 24.4. The Kier molecular flexibility index (Phi) is 6.43. The van der Waals surface area contributed by atoms with Gasteiger partial charge >= 0.3 is 0 Å². The Morgan fingerprint density at radius 3 is 1.92 bits per heavy atom. The van der Waals surface area contributed by atoms with E-state index >= 15 is 0 Å². The van der Waals surface area contributed by atoms with Crippen LogP contribution >= 0.6 is 0 Å². The lowest BCUT2D eigenvalue weighted by Gasteiger charge is -2.30. The van der Waals surface area contributed by atoms with Gasteiger partial charge in [0.25, 0.3) is 29.1 Å². The second kappa shape index (κ2) is 9.49. The number of amides is 3. The summed E-state index contributed by atoms with van der Waals surface area (Å²) in [6.45, 7) is 1.14. The van der Waals surface area contributed by atoms with Crippen molar-refractivity contribution in [2.45, 2.75) is 19.8 Å². The molecule has 0 spiro atoms. The van der Waals surface area contributed by atoms with E-state index in [1.165, 1.54) is 24.3 Å². The molecule has 1 aliphatic carbocycles. The van der Waals surface area contributed by atoms with Gasteiger partial charge < -0.3 is 0 Å². The van der Waals surface area contributed by atoms with E-state index in [1.807, 2.05) is 13.0 Å². The van der Waals surface area contributed by atoms with Crippen LogP contribution < -0.4 is 0 Å². The van der Waals surface area contributed by atoms with Crippen molar-refractivity contribution in [2.75, 3.05) is 6.54 Å². The fourth-order valence-corrected chi connectivity index (χ4v) is 4.36. The molecule has 4 rings (SSSR count). The van der Waals surface area contributed by atoms with Crippen LogP contribution in [-0.4, -0.2) is 49.9 Å². The van der Waals surface area contributed by atoms with Crippen LogP contribution in [0.4, 0.5) is 11.4 Å². The molecule has 0 saturated carbocycles. The third-order valence-electron chi connectivity index (χ3n) is 6.29.